The quantitative estimate of drug-likeness (QED) is 0.586. The third-order valence-electron chi connectivity index (χ3n) is 1.48. The van der Waals surface area contributed by atoms with E-state index in [1.54, 1.807) is 0 Å². The molecular formula is C9H16O5. The summed E-state index contributed by atoms with van der Waals surface area (Å²) in [5, 5.41) is 9.11. The largest absolute Gasteiger partial charge is 0.463 e. The Morgan fingerprint density at radius 3 is 2.43 bits per heavy atom. The van der Waals surface area contributed by atoms with Gasteiger partial charge >= 0.3 is 5.97 Å². The van der Waals surface area contributed by atoms with E-state index in [9.17, 15) is 9.59 Å². The molecule has 1 atom stereocenters. The molecule has 82 valence electrons. The number of carbonyl (C=O) groups excluding carboxylic acids is 2. The maximum absolute atomic E-state index is 10.9. The van der Waals surface area contributed by atoms with Crippen LogP contribution in [0.25, 0.3) is 0 Å². The number of esters is 1. The third kappa shape index (κ3) is 7.70. The zero-order chi connectivity index (χ0) is 11.0. The summed E-state index contributed by atoms with van der Waals surface area (Å²) in [4.78, 5) is 21.4. The highest BCUT2D eigenvalue weighted by atomic mass is 16.5. The summed E-state index contributed by atoms with van der Waals surface area (Å²) in [5.74, 6) is -0.533. The molecule has 5 nitrogen and oxygen atoms in total. The molecule has 0 aromatic rings. The molecule has 1 N–H and O–H groups in total. The summed E-state index contributed by atoms with van der Waals surface area (Å²) >= 11 is 0. The molecule has 5 heteroatoms. The molecule has 0 aliphatic heterocycles. The van der Waals surface area contributed by atoms with E-state index in [-0.39, 0.29) is 31.8 Å². The lowest BCUT2D eigenvalue weighted by molar-refractivity contribution is -0.148. The second-order valence-electron chi connectivity index (χ2n) is 2.99. The summed E-state index contributed by atoms with van der Waals surface area (Å²) in [6.07, 6.45) is -0.560. The van der Waals surface area contributed by atoms with Gasteiger partial charge in [0.25, 0.3) is 0 Å². The fourth-order valence-electron chi connectivity index (χ4n) is 0.780. The van der Waals surface area contributed by atoms with E-state index in [1.165, 1.54) is 14.0 Å². The topological polar surface area (TPSA) is 72.8 Å². The molecule has 0 aromatic carbocycles. The van der Waals surface area contributed by atoms with Gasteiger partial charge in [-0.3, -0.25) is 4.79 Å². The summed E-state index contributed by atoms with van der Waals surface area (Å²) < 4.78 is 9.32. The fourth-order valence-corrected chi connectivity index (χ4v) is 0.780. The average Bonchev–Trinajstić information content (AvgIpc) is 2.12. The molecule has 0 spiro atoms. The van der Waals surface area contributed by atoms with Gasteiger partial charge in [0.1, 0.15) is 18.5 Å². The van der Waals surface area contributed by atoms with Gasteiger partial charge < -0.3 is 19.4 Å². The lowest BCUT2D eigenvalue weighted by Gasteiger charge is -2.09. The molecule has 0 rings (SSSR count). The Bertz CT molecular complexity index is 190. The van der Waals surface area contributed by atoms with Crippen LogP contribution in [0.5, 0.6) is 0 Å². The molecule has 1 unspecified atom stereocenters. The van der Waals surface area contributed by atoms with Crippen molar-refractivity contribution in [2.45, 2.75) is 25.9 Å². The zero-order valence-corrected chi connectivity index (χ0v) is 8.49. The van der Waals surface area contributed by atoms with E-state index in [4.69, 9.17) is 5.11 Å². The van der Waals surface area contributed by atoms with Gasteiger partial charge in [0, 0.05) is 13.5 Å². The number of carbonyl (C=O) groups is 2. The highest BCUT2D eigenvalue weighted by Crippen LogP contribution is 1.95. The maximum atomic E-state index is 10.9. The van der Waals surface area contributed by atoms with Crippen molar-refractivity contribution in [1.29, 1.82) is 0 Å². The minimum atomic E-state index is -0.804. The summed E-state index contributed by atoms with van der Waals surface area (Å²) in [6, 6.07) is 0. The number of ketones is 1. The Hall–Kier alpha value is -0.940. The van der Waals surface area contributed by atoms with Crippen LogP contribution in [0, 0.1) is 0 Å². The lowest BCUT2D eigenvalue weighted by Crippen LogP contribution is -2.23. The number of rotatable bonds is 7. The molecule has 0 aromatic heterocycles. The van der Waals surface area contributed by atoms with Gasteiger partial charge in [-0.05, 0) is 6.92 Å². The molecule has 0 radical (unpaired) electrons. The number of aliphatic hydroxyl groups excluding tert-OH is 1. The van der Waals surface area contributed by atoms with Gasteiger partial charge in [-0.25, -0.2) is 0 Å². The van der Waals surface area contributed by atoms with E-state index in [0.717, 1.165) is 0 Å². The van der Waals surface area contributed by atoms with Gasteiger partial charge in [0.15, 0.2) is 0 Å². The van der Waals surface area contributed by atoms with Gasteiger partial charge in [0.2, 0.25) is 0 Å². The van der Waals surface area contributed by atoms with Crippen molar-refractivity contribution in [3.05, 3.63) is 0 Å². The molecule has 0 aliphatic rings. The SMILES string of the molecule is COCC(O)COC(=O)CCC(C)=O. The van der Waals surface area contributed by atoms with Crippen LogP contribution in [0.1, 0.15) is 19.8 Å². The van der Waals surface area contributed by atoms with E-state index in [0.29, 0.717) is 0 Å². The smallest absolute Gasteiger partial charge is 0.306 e. The number of hydrogen-bond donors (Lipinski definition) is 1. The first-order chi connectivity index (χ1) is 6.56. The normalized spacial score (nSPS) is 12.2. The summed E-state index contributed by atoms with van der Waals surface area (Å²) in [5.41, 5.74) is 0. The van der Waals surface area contributed by atoms with Gasteiger partial charge in [0.05, 0.1) is 13.0 Å². The number of methoxy groups -OCH3 is 1. The van der Waals surface area contributed by atoms with Crippen LogP contribution in [0.15, 0.2) is 0 Å². The van der Waals surface area contributed by atoms with E-state index >= 15 is 0 Å². The van der Waals surface area contributed by atoms with Crippen molar-refractivity contribution in [2.75, 3.05) is 20.3 Å². The van der Waals surface area contributed by atoms with Gasteiger partial charge in [-0.1, -0.05) is 0 Å². The predicted octanol–water partition coefficient (Wildman–Crippen LogP) is -0.0939. The zero-order valence-electron chi connectivity index (χ0n) is 8.49. The van der Waals surface area contributed by atoms with Crippen molar-refractivity contribution >= 4 is 11.8 Å². The fraction of sp³-hybridized carbons (Fsp3) is 0.778. The van der Waals surface area contributed by atoms with E-state index in [1.807, 2.05) is 0 Å². The van der Waals surface area contributed by atoms with Crippen LogP contribution in [0.4, 0.5) is 0 Å². The van der Waals surface area contributed by atoms with Crippen LogP contribution < -0.4 is 0 Å². The Balaban J connectivity index is 3.48. The highest BCUT2D eigenvalue weighted by molar-refractivity contribution is 5.80. The van der Waals surface area contributed by atoms with Crippen LogP contribution in [0.3, 0.4) is 0 Å². The van der Waals surface area contributed by atoms with E-state index < -0.39 is 12.1 Å². The highest BCUT2D eigenvalue weighted by Gasteiger charge is 2.08. The van der Waals surface area contributed by atoms with Crippen LogP contribution in [0.2, 0.25) is 0 Å². The summed E-state index contributed by atoms with van der Waals surface area (Å²) in [7, 11) is 1.45. The van der Waals surface area contributed by atoms with Crippen LogP contribution in [-0.4, -0.2) is 43.3 Å². The van der Waals surface area contributed by atoms with Crippen molar-refractivity contribution in [3.8, 4) is 0 Å². The third-order valence-corrected chi connectivity index (χ3v) is 1.48. The van der Waals surface area contributed by atoms with Crippen molar-refractivity contribution in [2.24, 2.45) is 0 Å². The molecular weight excluding hydrogens is 188 g/mol. The van der Waals surface area contributed by atoms with Crippen molar-refractivity contribution < 1.29 is 24.2 Å². The number of ether oxygens (including phenoxy) is 2. The molecule has 0 saturated carbocycles. The Morgan fingerprint density at radius 1 is 1.29 bits per heavy atom. The monoisotopic (exact) mass is 204 g/mol. The van der Waals surface area contributed by atoms with Crippen molar-refractivity contribution in [1.82, 2.24) is 0 Å². The van der Waals surface area contributed by atoms with Crippen LogP contribution in [-0.2, 0) is 19.1 Å². The maximum Gasteiger partial charge on any atom is 0.306 e. The number of Topliss-reactive ketones (excluding diaryl/α,β-unsaturated/α-hetero) is 1. The molecule has 0 amide bonds. The van der Waals surface area contributed by atoms with Crippen molar-refractivity contribution in [3.63, 3.8) is 0 Å². The Labute approximate surface area is 83.0 Å². The first-order valence-corrected chi connectivity index (χ1v) is 4.38. The summed E-state index contributed by atoms with van der Waals surface area (Å²) in [6.45, 7) is 1.44. The molecule has 14 heavy (non-hydrogen) atoms. The minimum absolute atomic E-state index is 0.0561. The lowest BCUT2D eigenvalue weighted by atomic mass is 10.2. The second kappa shape index (κ2) is 7.46. The van der Waals surface area contributed by atoms with Gasteiger partial charge in [-0.15, -0.1) is 0 Å². The first-order valence-electron chi connectivity index (χ1n) is 4.38. The first kappa shape index (κ1) is 13.1. The predicted molar refractivity (Wildman–Crippen MR) is 48.8 cm³/mol. The Morgan fingerprint density at radius 2 is 1.93 bits per heavy atom. The molecule has 0 aliphatic carbocycles. The van der Waals surface area contributed by atoms with E-state index in [2.05, 4.69) is 9.47 Å². The molecule has 0 heterocycles. The van der Waals surface area contributed by atoms with Crippen LogP contribution >= 0.6 is 0 Å². The number of aliphatic hydroxyl groups is 1. The molecule has 0 bridgehead atoms. The van der Waals surface area contributed by atoms with Gasteiger partial charge in [-0.2, -0.15) is 0 Å². The Kier molecular flexibility index (Phi) is 6.96. The second-order valence-corrected chi connectivity index (χ2v) is 2.99. The minimum Gasteiger partial charge on any atom is -0.463 e. The standard InChI is InChI=1S/C9H16O5/c1-7(10)3-4-9(12)14-6-8(11)5-13-2/h8,11H,3-6H2,1-2H3. The molecule has 0 fully saturated rings. The number of hydrogen-bond acceptors (Lipinski definition) is 5. The average molecular weight is 204 g/mol. The molecule has 0 saturated heterocycles.